The molecule has 0 aliphatic carbocycles. The van der Waals surface area contributed by atoms with Crippen molar-refractivity contribution in [3.05, 3.63) is 45.7 Å². The number of benzene rings is 1. The van der Waals surface area contributed by atoms with Gasteiger partial charge in [0, 0.05) is 18.1 Å². The van der Waals surface area contributed by atoms with Crippen LogP contribution < -0.4 is 5.32 Å². The van der Waals surface area contributed by atoms with Crippen LogP contribution in [-0.4, -0.2) is 45.9 Å². The number of aromatic nitrogens is 3. The summed E-state index contributed by atoms with van der Waals surface area (Å²) in [6.45, 7) is 4.42. The van der Waals surface area contributed by atoms with Gasteiger partial charge in [-0.05, 0) is 44.5 Å². The van der Waals surface area contributed by atoms with Crippen molar-refractivity contribution in [2.75, 3.05) is 20.1 Å². The van der Waals surface area contributed by atoms with Crippen LogP contribution in [0.2, 0.25) is 0 Å². The van der Waals surface area contributed by atoms with Gasteiger partial charge in [0.05, 0.1) is 11.7 Å². The number of amides is 1. The summed E-state index contributed by atoms with van der Waals surface area (Å²) in [5.74, 6) is -0.0940. The number of nitrogens with zero attached hydrogens (tertiary/aromatic N) is 4. The number of halogens is 1. The Morgan fingerprint density at radius 1 is 1.38 bits per heavy atom. The van der Waals surface area contributed by atoms with Crippen molar-refractivity contribution in [3.8, 4) is 0 Å². The first-order chi connectivity index (χ1) is 11.6. The van der Waals surface area contributed by atoms with E-state index in [1.807, 2.05) is 35.9 Å². The predicted octanol–water partition coefficient (Wildman–Crippen LogP) is 2.55. The lowest BCUT2D eigenvalue weighted by Crippen LogP contribution is -2.30. The molecule has 1 aliphatic rings. The minimum atomic E-state index is -0.0940. The Morgan fingerprint density at radius 2 is 2.08 bits per heavy atom. The number of nitrogens with one attached hydrogen (secondary N) is 1. The second-order valence-electron chi connectivity index (χ2n) is 6.20. The molecule has 2 aromatic rings. The van der Waals surface area contributed by atoms with Gasteiger partial charge < -0.3 is 10.2 Å². The molecule has 6 nitrogen and oxygen atoms in total. The molecule has 2 heterocycles. The van der Waals surface area contributed by atoms with E-state index in [-0.39, 0.29) is 5.91 Å². The Balaban J connectivity index is 1.75. The summed E-state index contributed by atoms with van der Waals surface area (Å²) in [5, 5.41) is 11.8. The summed E-state index contributed by atoms with van der Waals surface area (Å²) in [7, 11) is 1.80. The van der Waals surface area contributed by atoms with Crippen LogP contribution in [0.15, 0.2) is 28.7 Å². The van der Waals surface area contributed by atoms with Gasteiger partial charge in [-0.3, -0.25) is 4.79 Å². The summed E-state index contributed by atoms with van der Waals surface area (Å²) in [5.41, 5.74) is 2.37. The van der Waals surface area contributed by atoms with Crippen molar-refractivity contribution in [3.63, 3.8) is 0 Å². The Morgan fingerprint density at radius 3 is 2.79 bits per heavy atom. The van der Waals surface area contributed by atoms with Gasteiger partial charge in [-0.1, -0.05) is 39.3 Å². The summed E-state index contributed by atoms with van der Waals surface area (Å²) in [6, 6.07) is 8.24. The SMILES string of the molecule is Cc1c(C(=O)N(C)Cc2ccccc2Br)nnn1C1CCNCC1. The van der Waals surface area contributed by atoms with E-state index >= 15 is 0 Å². The maximum atomic E-state index is 12.8. The van der Waals surface area contributed by atoms with Crippen LogP contribution in [-0.2, 0) is 6.54 Å². The zero-order valence-electron chi connectivity index (χ0n) is 14.0. The molecule has 0 unspecified atom stereocenters. The van der Waals surface area contributed by atoms with E-state index in [4.69, 9.17) is 0 Å². The van der Waals surface area contributed by atoms with E-state index in [2.05, 4.69) is 31.6 Å². The average Bonchev–Trinajstić information content (AvgIpc) is 2.98. The standard InChI is InChI=1S/C17H22BrN5O/c1-12-16(20-21-23(12)14-7-9-19-10-8-14)17(24)22(2)11-13-5-3-4-6-15(13)18/h3-6,14,19H,7-11H2,1-2H3. The van der Waals surface area contributed by atoms with Crippen LogP contribution in [0.3, 0.4) is 0 Å². The first-order valence-electron chi connectivity index (χ1n) is 8.19. The lowest BCUT2D eigenvalue weighted by atomic mass is 10.1. The summed E-state index contributed by atoms with van der Waals surface area (Å²) in [4.78, 5) is 14.4. The monoisotopic (exact) mass is 391 g/mol. The quantitative estimate of drug-likeness (QED) is 0.869. The second kappa shape index (κ2) is 7.44. The molecule has 1 fully saturated rings. The van der Waals surface area contributed by atoms with E-state index in [0.29, 0.717) is 18.3 Å². The number of piperidine rings is 1. The van der Waals surface area contributed by atoms with Crippen LogP contribution in [0, 0.1) is 6.92 Å². The predicted molar refractivity (Wildman–Crippen MR) is 95.8 cm³/mol. The van der Waals surface area contributed by atoms with E-state index < -0.39 is 0 Å². The van der Waals surface area contributed by atoms with E-state index in [0.717, 1.165) is 41.7 Å². The van der Waals surface area contributed by atoms with Crippen molar-refractivity contribution in [1.82, 2.24) is 25.2 Å². The molecular weight excluding hydrogens is 370 g/mol. The lowest BCUT2D eigenvalue weighted by molar-refractivity contribution is 0.0778. The van der Waals surface area contributed by atoms with Gasteiger partial charge in [0.2, 0.25) is 0 Å². The van der Waals surface area contributed by atoms with Gasteiger partial charge in [-0.25, -0.2) is 4.68 Å². The number of carbonyl (C=O) groups excluding carboxylic acids is 1. The Hall–Kier alpha value is -1.73. The largest absolute Gasteiger partial charge is 0.336 e. The van der Waals surface area contributed by atoms with Gasteiger partial charge in [0.25, 0.3) is 5.91 Å². The summed E-state index contributed by atoms with van der Waals surface area (Å²) >= 11 is 3.52. The fourth-order valence-electron chi connectivity index (χ4n) is 3.07. The average molecular weight is 392 g/mol. The zero-order chi connectivity index (χ0) is 17.1. The molecule has 3 rings (SSSR count). The molecule has 1 aliphatic heterocycles. The highest BCUT2D eigenvalue weighted by atomic mass is 79.9. The fourth-order valence-corrected chi connectivity index (χ4v) is 3.48. The van der Waals surface area contributed by atoms with Crippen molar-refractivity contribution in [2.24, 2.45) is 0 Å². The smallest absolute Gasteiger partial charge is 0.276 e. The molecule has 0 spiro atoms. The van der Waals surface area contributed by atoms with Crippen LogP contribution >= 0.6 is 15.9 Å². The van der Waals surface area contributed by atoms with Crippen molar-refractivity contribution in [2.45, 2.75) is 32.4 Å². The highest BCUT2D eigenvalue weighted by molar-refractivity contribution is 9.10. The number of hydrogen-bond acceptors (Lipinski definition) is 4. The third-order valence-corrected chi connectivity index (χ3v) is 5.27. The second-order valence-corrected chi connectivity index (χ2v) is 7.06. The summed E-state index contributed by atoms with van der Waals surface area (Å²) < 4.78 is 2.92. The molecule has 1 aromatic carbocycles. The third-order valence-electron chi connectivity index (χ3n) is 4.50. The van der Waals surface area contributed by atoms with Crippen molar-refractivity contribution < 1.29 is 4.79 Å². The highest BCUT2D eigenvalue weighted by Crippen LogP contribution is 2.22. The van der Waals surface area contributed by atoms with Gasteiger partial charge in [0.1, 0.15) is 0 Å². The van der Waals surface area contributed by atoms with Gasteiger partial charge in [-0.2, -0.15) is 0 Å². The van der Waals surface area contributed by atoms with E-state index in [9.17, 15) is 4.79 Å². The maximum Gasteiger partial charge on any atom is 0.276 e. The number of rotatable bonds is 4. The molecule has 0 radical (unpaired) electrons. The molecule has 1 N–H and O–H groups in total. The van der Waals surface area contributed by atoms with Crippen molar-refractivity contribution in [1.29, 1.82) is 0 Å². The first-order valence-corrected chi connectivity index (χ1v) is 8.98. The van der Waals surface area contributed by atoms with Gasteiger partial charge in [-0.15, -0.1) is 5.10 Å². The van der Waals surface area contributed by atoms with Crippen molar-refractivity contribution >= 4 is 21.8 Å². The maximum absolute atomic E-state index is 12.8. The van der Waals surface area contributed by atoms with E-state index in [1.165, 1.54) is 0 Å². The van der Waals surface area contributed by atoms with Crippen LogP contribution in [0.25, 0.3) is 0 Å². The minimum Gasteiger partial charge on any atom is -0.336 e. The van der Waals surface area contributed by atoms with Gasteiger partial charge >= 0.3 is 0 Å². The third kappa shape index (κ3) is 3.52. The zero-order valence-corrected chi connectivity index (χ0v) is 15.6. The van der Waals surface area contributed by atoms with E-state index in [1.54, 1.807) is 11.9 Å². The number of hydrogen-bond donors (Lipinski definition) is 1. The molecule has 1 amide bonds. The Kier molecular flexibility index (Phi) is 5.30. The fraction of sp³-hybridized carbons (Fsp3) is 0.471. The Bertz CT molecular complexity index is 724. The molecule has 0 saturated carbocycles. The molecule has 0 atom stereocenters. The van der Waals surface area contributed by atoms with Crippen LogP contribution in [0.1, 0.15) is 40.6 Å². The molecule has 128 valence electrons. The Labute approximate surface area is 150 Å². The molecule has 1 aromatic heterocycles. The summed E-state index contributed by atoms with van der Waals surface area (Å²) in [6.07, 6.45) is 2.04. The minimum absolute atomic E-state index is 0.0940. The number of carbonyl (C=O) groups is 1. The van der Waals surface area contributed by atoms with Gasteiger partial charge in [0.15, 0.2) is 5.69 Å². The normalized spacial score (nSPS) is 15.5. The molecule has 7 heteroatoms. The molecule has 24 heavy (non-hydrogen) atoms. The van der Waals surface area contributed by atoms with Crippen LogP contribution in [0.4, 0.5) is 0 Å². The molecule has 0 bridgehead atoms. The first kappa shape index (κ1) is 17.1. The molecular formula is C17H22BrN5O. The molecule has 1 saturated heterocycles. The highest BCUT2D eigenvalue weighted by Gasteiger charge is 2.24. The lowest BCUT2D eigenvalue weighted by Gasteiger charge is -2.23. The topological polar surface area (TPSA) is 63.1 Å². The van der Waals surface area contributed by atoms with Crippen LogP contribution in [0.5, 0.6) is 0 Å².